The van der Waals surface area contributed by atoms with E-state index in [2.05, 4.69) is 34.5 Å². The van der Waals surface area contributed by atoms with E-state index in [9.17, 15) is 0 Å². The summed E-state index contributed by atoms with van der Waals surface area (Å²) >= 11 is 6.50. The van der Waals surface area contributed by atoms with Crippen molar-refractivity contribution in [2.24, 2.45) is 0 Å². The molecule has 0 spiro atoms. The molecule has 1 aromatic carbocycles. The number of aromatic nitrogens is 3. The number of anilines is 5. The number of rotatable bonds is 7. The van der Waals surface area contributed by atoms with E-state index < -0.39 is 0 Å². The van der Waals surface area contributed by atoms with Gasteiger partial charge in [-0.05, 0) is 64.0 Å². The first-order chi connectivity index (χ1) is 16.4. The van der Waals surface area contributed by atoms with Crippen LogP contribution >= 0.6 is 11.6 Å². The second-order valence-corrected chi connectivity index (χ2v) is 10.4. The first kappa shape index (κ1) is 24.8. The number of benzene rings is 1. The van der Waals surface area contributed by atoms with E-state index in [1.54, 1.807) is 0 Å². The van der Waals surface area contributed by atoms with Gasteiger partial charge in [-0.3, -0.25) is 0 Å². The number of halogens is 1. The number of hydrogen-bond donors (Lipinski definition) is 2. The summed E-state index contributed by atoms with van der Waals surface area (Å²) < 4.78 is 0. The zero-order valence-corrected chi connectivity index (χ0v) is 21.8. The topological polar surface area (TPSA) is 72.5 Å². The van der Waals surface area contributed by atoms with Crippen LogP contribution in [0.3, 0.4) is 0 Å². The van der Waals surface area contributed by atoms with Gasteiger partial charge in [0.25, 0.3) is 0 Å². The van der Waals surface area contributed by atoms with Crippen LogP contribution in [0.2, 0.25) is 5.02 Å². The zero-order chi connectivity index (χ0) is 24.1. The predicted molar refractivity (Wildman–Crippen MR) is 143 cm³/mol. The number of nitrogens with zero attached hydrogens (tertiary/aromatic N) is 6. The molecule has 186 valence electrons. The van der Waals surface area contributed by atoms with Crippen molar-refractivity contribution in [1.82, 2.24) is 19.9 Å². The monoisotopic (exact) mass is 486 g/mol. The average molecular weight is 487 g/mol. The summed E-state index contributed by atoms with van der Waals surface area (Å²) in [5.41, 5.74) is 1.83. The van der Waals surface area contributed by atoms with E-state index in [1.165, 1.54) is 38.5 Å². The van der Waals surface area contributed by atoms with E-state index in [0.717, 1.165) is 43.3 Å². The molecule has 2 N–H and O–H groups in total. The molecule has 2 heterocycles. The maximum Gasteiger partial charge on any atom is 0.233 e. The van der Waals surface area contributed by atoms with Gasteiger partial charge in [-0.15, -0.1) is 0 Å². The molecule has 1 saturated carbocycles. The second kappa shape index (κ2) is 11.4. The Morgan fingerprint density at radius 2 is 1.59 bits per heavy atom. The third-order valence-electron chi connectivity index (χ3n) is 7.05. The molecule has 1 aliphatic heterocycles. The first-order valence-corrected chi connectivity index (χ1v) is 12.9. The Balaban J connectivity index is 1.58. The fourth-order valence-electron chi connectivity index (χ4n) is 4.86. The van der Waals surface area contributed by atoms with E-state index in [4.69, 9.17) is 26.6 Å². The summed E-state index contributed by atoms with van der Waals surface area (Å²) in [6.45, 7) is 2.17. The van der Waals surface area contributed by atoms with Gasteiger partial charge in [0.1, 0.15) is 0 Å². The van der Waals surface area contributed by atoms with Crippen molar-refractivity contribution in [3.63, 3.8) is 0 Å². The Labute approximate surface area is 209 Å². The smallest absolute Gasteiger partial charge is 0.233 e. The van der Waals surface area contributed by atoms with Crippen molar-refractivity contribution in [3.8, 4) is 0 Å². The van der Waals surface area contributed by atoms with Gasteiger partial charge < -0.3 is 25.3 Å². The van der Waals surface area contributed by atoms with Crippen LogP contribution < -0.4 is 20.4 Å². The van der Waals surface area contributed by atoms with Crippen molar-refractivity contribution < 1.29 is 0 Å². The Morgan fingerprint density at radius 3 is 2.24 bits per heavy atom. The molecular formula is C25H39ClN8. The van der Waals surface area contributed by atoms with Crippen LogP contribution in [0.15, 0.2) is 18.2 Å². The first-order valence-electron chi connectivity index (χ1n) is 12.6. The van der Waals surface area contributed by atoms with Gasteiger partial charge in [-0.2, -0.15) is 15.0 Å². The molecular weight excluding hydrogens is 448 g/mol. The number of nitrogens with one attached hydrogen (secondary N) is 2. The van der Waals surface area contributed by atoms with Gasteiger partial charge >= 0.3 is 0 Å². The maximum absolute atomic E-state index is 6.50. The third-order valence-corrected chi connectivity index (χ3v) is 7.35. The average Bonchev–Trinajstić information content (AvgIpc) is 3.09. The van der Waals surface area contributed by atoms with E-state index >= 15 is 0 Å². The van der Waals surface area contributed by atoms with Crippen LogP contribution in [0.1, 0.15) is 51.4 Å². The molecule has 0 bridgehead atoms. The number of piperidine rings is 1. The van der Waals surface area contributed by atoms with Crippen molar-refractivity contribution in [3.05, 3.63) is 23.2 Å². The van der Waals surface area contributed by atoms with Crippen LogP contribution in [0.5, 0.6) is 0 Å². The SMILES string of the molecule is CN1CCC(Nc2nc(Nc3ccc(N(C)C)c(Cl)c3)nc(N(C)C3CCCCCC3)n2)CC1. The lowest BCUT2D eigenvalue weighted by Crippen LogP contribution is -2.37. The Kier molecular flexibility index (Phi) is 8.32. The highest BCUT2D eigenvalue weighted by Gasteiger charge is 2.22. The second-order valence-electron chi connectivity index (χ2n) is 9.95. The molecule has 0 unspecified atom stereocenters. The highest BCUT2D eigenvalue weighted by Crippen LogP contribution is 2.30. The lowest BCUT2D eigenvalue weighted by Gasteiger charge is -2.30. The summed E-state index contributed by atoms with van der Waals surface area (Å²) in [5, 5.41) is 7.64. The minimum atomic E-state index is 0.372. The van der Waals surface area contributed by atoms with E-state index in [0.29, 0.717) is 29.0 Å². The van der Waals surface area contributed by atoms with Crippen molar-refractivity contribution in [1.29, 1.82) is 0 Å². The maximum atomic E-state index is 6.50. The summed E-state index contributed by atoms with van der Waals surface area (Å²) in [6.07, 6.45) is 9.71. The summed E-state index contributed by atoms with van der Waals surface area (Å²) in [6, 6.07) is 6.75. The number of hydrogen-bond acceptors (Lipinski definition) is 8. The van der Waals surface area contributed by atoms with Gasteiger partial charge in [-0.25, -0.2) is 0 Å². The largest absolute Gasteiger partial charge is 0.376 e. The van der Waals surface area contributed by atoms with Crippen molar-refractivity contribution in [2.75, 3.05) is 61.7 Å². The molecule has 0 atom stereocenters. The Morgan fingerprint density at radius 1 is 0.912 bits per heavy atom. The van der Waals surface area contributed by atoms with Crippen LogP contribution in [-0.4, -0.2) is 73.2 Å². The van der Waals surface area contributed by atoms with Crippen molar-refractivity contribution >= 4 is 40.8 Å². The number of likely N-dealkylation sites (tertiary alicyclic amines) is 1. The quantitative estimate of drug-likeness (QED) is 0.530. The molecule has 0 radical (unpaired) electrons. The van der Waals surface area contributed by atoms with Crippen LogP contribution in [0.25, 0.3) is 0 Å². The van der Waals surface area contributed by atoms with Crippen LogP contribution in [-0.2, 0) is 0 Å². The summed E-state index contributed by atoms with van der Waals surface area (Å²) in [7, 11) is 8.26. The Hall–Kier alpha value is -2.32. The van der Waals surface area contributed by atoms with Crippen LogP contribution in [0.4, 0.5) is 29.2 Å². The fraction of sp³-hybridized carbons (Fsp3) is 0.640. The summed E-state index contributed by atoms with van der Waals surface area (Å²) in [5.74, 6) is 1.89. The van der Waals surface area contributed by atoms with E-state index in [1.807, 2.05) is 37.2 Å². The molecule has 1 aliphatic carbocycles. The van der Waals surface area contributed by atoms with E-state index in [-0.39, 0.29) is 0 Å². The molecule has 9 heteroatoms. The van der Waals surface area contributed by atoms with Gasteiger partial charge in [0.15, 0.2) is 0 Å². The molecule has 2 aliphatic rings. The minimum Gasteiger partial charge on any atom is -0.376 e. The summed E-state index contributed by atoms with van der Waals surface area (Å²) in [4.78, 5) is 21.0. The van der Waals surface area contributed by atoms with Gasteiger partial charge in [0.2, 0.25) is 17.8 Å². The van der Waals surface area contributed by atoms with Crippen molar-refractivity contribution in [2.45, 2.75) is 63.5 Å². The normalized spacial score (nSPS) is 18.4. The van der Waals surface area contributed by atoms with Gasteiger partial charge in [0, 0.05) is 38.9 Å². The highest BCUT2D eigenvalue weighted by atomic mass is 35.5. The van der Waals surface area contributed by atoms with Gasteiger partial charge in [0.05, 0.1) is 10.7 Å². The standard InChI is InChI=1S/C25H39ClN8/c1-32(2)22-12-11-19(17-21(22)26)28-24-29-23(27-18-13-15-33(3)16-14-18)30-25(31-24)34(4)20-9-7-5-6-8-10-20/h11-12,17-18,20H,5-10,13-16H2,1-4H3,(H2,27,28,29,30,31). The molecule has 1 aromatic heterocycles. The molecule has 4 rings (SSSR count). The Bertz CT molecular complexity index is 937. The minimum absolute atomic E-state index is 0.372. The fourth-order valence-corrected chi connectivity index (χ4v) is 5.21. The lowest BCUT2D eigenvalue weighted by atomic mass is 10.1. The highest BCUT2D eigenvalue weighted by molar-refractivity contribution is 6.33. The molecule has 8 nitrogen and oxygen atoms in total. The predicted octanol–water partition coefficient (Wildman–Crippen LogP) is 5.00. The molecule has 1 saturated heterocycles. The molecule has 2 aromatic rings. The third kappa shape index (κ3) is 6.42. The van der Waals surface area contributed by atoms with Gasteiger partial charge in [-0.1, -0.05) is 37.3 Å². The lowest BCUT2D eigenvalue weighted by molar-refractivity contribution is 0.263. The molecule has 0 amide bonds. The zero-order valence-electron chi connectivity index (χ0n) is 21.0. The molecule has 34 heavy (non-hydrogen) atoms. The molecule has 2 fully saturated rings. The van der Waals surface area contributed by atoms with Crippen LogP contribution in [0, 0.1) is 0 Å².